The van der Waals surface area contributed by atoms with Crippen molar-refractivity contribution in [3.8, 4) is 0 Å². The third-order valence-electron chi connectivity index (χ3n) is 3.38. The summed E-state index contributed by atoms with van der Waals surface area (Å²) in [5.74, 6) is 0. The van der Waals surface area contributed by atoms with E-state index in [0.29, 0.717) is 21.5 Å². The average Bonchev–Trinajstić information content (AvgIpc) is 3.00. The van der Waals surface area contributed by atoms with Gasteiger partial charge in [0, 0.05) is 28.5 Å². The molecule has 0 amide bonds. The number of rotatable bonds is 4. The molecule has 0 saturated heterocycles. The molecule has 0 fully saturated rings. The molecule has 0 unspecified atom stereocenters. The summed E-state index contributed by atoms with van der Waals surface area (Å²) in [5, 5.41) is 19.6. The monoisotopic (exact) mass is 373 g/mol. The molecule has 3 rings (SSSR count). The zero-order chi connectivity index (χ0) is 17.8. The molecule has 0 spiro atoms. The van der Waals surface area contributed by atoms with Gasteiger partial charge in [-0.2, -0.15) is 5.10 Å². The summed E-state index contributed by atoms with van der Waals surface area (Å²) in [6.45, 7) is 0. The number of nitrogens with zero attached hydrogens (tertiary/aromatic N) is 2. The highest BCUT2D eigenvalue weighted by molar-refractivity contribution is 7.80. The van der Waals surface area contributed by atoms with Gasteiger partial charge in [-0.05, 0) is 42.5 Å². The molecule has 0 aliphatic heterocycles. The molecular formula is C16H12ClN5O2S. The number of aromatic nitrogens is 1. The molecule has 126 valence electrons. The van der Waals surface area contributed by atoms with Crippen molar-refractivity contribution < 1.29 is 4.92 Å². The van der Waals surface area contributed by atoms with Crippen LogP contribution in [-0.2, 0) is 0 Å². The number of anilines is 1. The van der Waals surface area contributed by atoms with Crippen LogP contribution in [0.2, 0.25) is 5.02 Å². The zero-order valence-corrected chi connectivity index (χ0v) is 14.3. The highest BCUT2D eigenvalue weighted by Gasteiger charge is 2.15. The highest BCUT2D eigenvalue weighted by atomic mass is 35.5. The molecule has 9 heteroatoms. The number of H-pyrrole nitrogens is 1. The van der Waals surface area contributed by atoms with Crippen molar-refractivity contribution in [1.29, 1.82) is 0 Å². The van der Waals surface area contributed by atoms with Crippen molar-refractivity contribution in [2.24, 2.45) is 5.10 Å². The van der Waals surface area contributed by atoms with Gasteiger partial charge in [-0.15, -0.1) is 0 Å². The van der Waals surface area contributed by atoms with E-state index < -0.39 is 4.92 Å². The molecule has 0 bridgehead atoms. The third-order valence-corrected chi connectivity index (χ3v) is 3.83. The first-order chi connectivity index (χ1) is 12.0. The van der Waals surface area contributed by atoms with Gasteiger partial charge >= 0.3 is 0 Å². The van der Waals surface area contributed by atoms with Crippen molar-refractivity contribution in [3.05, 3.63) is 69.4 Å². The fourth-order valence-electron chi connectivity index (χ4n) is 2.30. The lowest BCUT2D eigenvalue weighted by Crippen LogP contribution is -2.23. The number of thiocarbonyl (C=S) groups is 1. The SMILES string of the molecule is O=[N+]([O-])c1cccc2[nH]cc(/C=N/NC(=S)Nc3ccc(Cl)cc3)c12. The minimum absolute atomic E-state index is 0.0158. The Bertz CT molecular complexity index is 968. The fourth-order valence-corrected chi connectivity index (χ4v) is 2.59. The van der Waals surface area contributed by atoms with Crippen LogP contribution < -0.4 is 10.7 Å². The molecule has 1 aromatic heterocycles. The van der Waals surface area contributed by atoms with Gasteiger partial charge in [-0.1, -0.05) is 17.7 Å². The van der Waals surface area contributed by atoms with Crippen LogP contribution in [0.5, 0.6) is 0 Å². The van der Waals surface area contributed by atoms with E-state index in [9.17, 15) is 10.1 Å². The normalized spacial score (nSPS) is 10.9. The molecule has 3 N–H and O–H groups in total. The highest BCUT2D eigenvalue weighted by Crippen LogP contribution is 2.27. The molecule has 3 aromatic rings. The smallest absolute Gasteiger partial charge is 0.279 e. The summed E-state index contributed by atoms with van der Waals surface area (Å²) in [6, 6.07) is 11.9. The topological polar surface area (TPSA) is 95.3 Å². The summed E-state index contributed by atoms with van der Waals surface area (Å²) in [4.78, 5) is 13.7. The van der Waals surface area contributed by atoms with Crippen LogP contribution in [0.3, 0.4) is 0 Å². The third kappa shape index (κ3) is 3.93. The quantitative estimate of drug-likeness (QED) is 0.277. The lowest BCUT2D eigenvalue weighted by molar-refractivity contribution is -0.383. The molecule has 0 aliphatic carbocycles. The summed E-state index contributed by atoms with van der Waals surface area (Å²) < 4.78 is 0. The minimum Gasteiger partial charge on any atom is -0.360 e. The predicted octanol–water partition coefficient (Wildman–Crippen LogP) is 4.05. The van der Waals surface area contributed by atoms with E-state index in [4.69, 9.17) is 23.8 Å². The Morgan fingerprint density at radius 3 is 2.76 bits per heavy atom. The number of benzene rings is 2. The van der Waals surface area contributed by atoms with Gasteiger partial charge in [-0.3, -0.25) is 15.5 Å². The van der Waals surface area contributed by atoms with Gasteiger partial charge < -0.3 is 10.3 Å². The zero-order valence-electron chi connectivity index (χ0n) is 12.7. The molecule has 0 aliphatic rings. The molecule has 1 heterocycles. The largest absolute Gasteiger partial charge is 0.360 e. The Labute approximate surface area is 152 Å². The van der Waals surface area contributed by atoms with E-state index >= 15 is 0 Å². The maximum absolute atomic E-state index is 11.2. The first-order valence-electron chi connectivity index (χ1n) is 7.15. The summed E-state index contributed by atoms with van der Waals surface area (Å²) in [5.41, 5.74) is 4.70. The van der Waals surface area contributed by atoms with Crippen molar-refractivity contribution in [2.45, 2.75) is 0 Å². The van der Waals surface area contributed by atoms with Gasteiger partial charge in [-0.25, -0.2) is 0 Å². The van der Waals surface area contributed by atoms with Crippen LogP contribution in [0.15, 0.2) is 53.8 Å². The van der Waals surface area contributed by atoms with Gasteiger partial charge in [0.25, 0.3) is 5.69 Å². The van der Waals surface area contributed by atoms with Gasteiger partial charge in [0.15, 0.2) is 5.11 Å². The standard InChI is InChI=1S/C16H12ClN5O2S/c17-11-4-6-12(7-5-11)20-16(25)21-19-9-10-8-18-13-2-1-3-14(15(10)13)22(23)24/h1-9,18H,(H2,20,21,25)/b19-9+. The Morgan fingerprint density at radius 1 is 1.28 bits per heavy atom. The number of nitro benzene ring substituents is 1. The molecular weight excluding hydrogens is 362 g/mol. The van der Waals surface area contributed by atoms with Crippen LogP contribution in [0.25, 0.3) is 10.9 Å². The van der Waals surface area contributed by atoms with Crippen molar-refractivity contribution >= 4 is 57.4 Å². The lowest BCUT2D eigenvalue weighted by Gasteiger charge is -2.06. The van der Waals surface area contributed by atoms with E-state index in [-0.39, 0.29) is 10.8 Å². The Kier molecular flexibility index (Phi) is 4.92. The summed E-state index contributed by atoms with van der Waals surface area (Å²) in [6.07, 6.45) is 3.13. The molecule has 0 atom stereocenters. The Morgan fingerprint density at radius 2 is 2.04 bits per heavy atom. The van der Waals surface area contributed by atoms with Crippen LogP contribution in [0.1, 0.15) is 5.56 Å². The maximum Gasteiger partial charge on any atom is 0.279 e. The first-order valence-corrected chi connectivity index (χ1v) is 7.93. The van der Waals surface area contributed by atoms with Gasteiger partial charge in [0.1, 0.15) is 0 Å². The number of hydrogen-bond donors (Lipinski definition) is 3. The number of fused-ring (bicyclic) bond motifs is 1. The molecule has 7 nitrogen and oxygen atoms in total. The van der Waals surface area contributed by atoms with Gasteiger partial charge in [0.2, 0.25) is 0 Å². The number of aromatic amines is 1. The van der Waals surface area contributed by atoms with E-state index in [1.165, 1.54) is 12.3 Å². The van der Waals surface area contributed by atoms with E-state index in [1.807, 2.05) is 0 Å². The number of hydrazone groups is 1. The molecule has 0 radical (unpaired) electrons. The van der Waals surface area contributed by atoms with Gasteiger partial charge in [0.05, 0.1) is 22.0 Å². The molecule has 25 heavy (non-hydrogen) atoms. The Hall–Kier alpha value is -2.97. The number of hydrogen-bond acceptors (Lipinski definition) is 4. The minimum atomic E-state index is -0.423. The first kappa shape index (κ1) is 16.9. The summed E-state index contributed by atoms with van der Waals surface area (Å²) in [7, 11) is 0. The van der Waals surface area contributed by atoms with Crippen molar-refractivity contribution in [2.75, 3.05) is 5.32 Å². The number of nitrogens with one attached hydrogen (secondary N) is 3. The maximum atomic E-state index is 11.2. The van der Waals surface area contributed by atoms with Crippen LogP contribution in [0.4, 0.5) is 11.4 Å². The predicted molar refractivity (Wildman–Crippen MR) is 103 cm³/mol. The number of nitro groups is 1. The number of non-ortho nitro benzene ring substituents is 1. The summed E-state index contributed by atoms with van der Waals surface area (Å²) >= 11 is 11.0. The molecule has 0 saturated carbocycles. The van der Waals surface area contributed by atoms with Crippen molar-refractivity contribution in [3.63, 3.8) is 0 Å². The van der Waals surface area contributed by atoms with Crippen LogP contribution in [-0.4, -0.2) is 21.2 Å². The van der Waals surface area contributed by atoms with Crippen LogP contribution >= 0.6 is 23.8 Å². The van der Waals surface area contributed by atoms with Crippen LogP contribution in [0, 0.1) is 10.1 Å². The van der Waals surface area contributed by atoms with E-state index in [2.05, 4.69) is 20.8 Å². The van der Waals surface area contributed by atoms with E-state index in [1.54, 1.807) is 42.6 Å². The van der Waals surface area contributed by atoms with Crippen molar-refractivity contribution in [1.82, 2.24) is 10.4 Å². The number of halogens is 1. The molecule has 2 aromatic carbocycles. The average molecular weight is 374 g/mol. The van der Waals surface area contributed by atoms with E-state index in [0.717, 1.165) is 5.69 Å². The fraction of sp³-hybridized carbons (Fsp3) is 0. The second-order valence-corrected chi connectivity index (χ2v) is 5.88. The lowest BCUT2D eigenvalue weighted by atomic mass is 10.1. The Balaban J connectivity index is 1.72. The second-order valence-electron chi connectivity index (χ2n) is 5.03. The second kappa shape index (κ2) is 7.29.